The molecule has 2 aromatic rings. The number of nitrogens with one attached hydrogen (secondary N) is 2. The van der Waals surface area contributed by atoms with Gasteiger partial charge in [0.1, 0.15) is 23.2 Å². The first-order chi connectivity index (χ1) is 18.6. The highest BCUT2D eigenvalue weighted by Crippen LogP contribution is 2.28. The van der Waals surface area contributed by atoms with Gasteiger partial charge in [-0.1, -0.05) is 0 Å². The number of likely N-dealkylation sites (tertiary alicyclic amines) is 2. The van der Waals surface area contributed by atoms with Crippen LogP contribution in [0.4, 0.5) is 5.69 Å². The van der Waals surface area contributed by atoms with E-state index in [2.05, 4.69) is 10.6 Å². The molecule has 11 nitrogen and oxygen atoms in total. The Morgan fingerprint density at radius 3 is 2.41 bits per heavy atom. The van der Waals surface area contributed by atoms with E-state index in [1.807, 2.05) is 19.1 Å². The monoisotopic (exact) mass is 538 g/mol. The number of carbonyl (C=O) groups excluding carboxylic acids is 4. The number of cyclic esters (lactones) is 2. The summed E-state index contributed by atoms with van der Waals surface area (Å²) in [5, 5.41) is 7.04. The number of furan rings is 1. The van der Waals surface area contributed by atoms with Gasteiger partial charge in [0.2, 0.25) is 11.8 Å². The third-order valence-corrected chi connectivity index (χ3v) is 7.13. The molecule has 208 valence electrons. The number of benzene rings is 1. The van der Waals surface area contributed by atoms with Gasteiger partial charge in [0.05, 0.1) is 6.54 Å². The van der Waals surface area contributed by atoms with Gasteiger partial charge in [-0.25, -0.2) is 9.59 Å². The fourth-order valence-electron chi connectivity index (χ4n) is 5.23. The average molecular weight is 539 g/mol. The minimum Gasteiger partial charge on any atom is -0.461 e. The molecule has 1 aromatic heterocycles. The van der Waals surface area contributed by atoms with Crippen molar-refractivity contribution in [1.29, 1.82) is 0 Å². The van der Waals surface area contributed by atoms with E-state index in [1.165, 1.54) is 13.8 Å². The van der Waals surface area contributed by atoms with Crippen LogP contribution in [0.5, 0.6) is 0 Å². The predicted octanol–water partition coefficient (Wildman–Crippen LogP) is 2.79. The lowest BCUT2D eigenvalue weighted by atomic mass is 10.1. The number of hydrogen-bond donors (Lipinski definition) is 2. The minimum atomic E-state index is -1.42. The van der Waals surface area contributed by atoms with Crippen LogP contribution >= 0.6 is 0 Å². The highest BCUT2D eigenvalue weighted by atomic mass is 16.7. The highest BCUT2D eigenvalue weighted by Gasteiger charge is 2.42. The SMILES string of the molecule is Cc1cc2cc(NC(N[C@H]3CCCCN(CC(=O)N4CCCC4)C3=O)=C3C(=O)OC(C)(C)OC3=O)ccc2o1. The van der Waals surface area contributed by atoms with E-state index in [1.54, 1.807) is 21.9 Å². The smallest absolute Gasteiger partial charge is 0.352 e. The van der Waals surface area contributed by atoms with Crippen molar-refractivity contribution < 1.29 is 33.1 Å². The Morgan fingerprint density at radius 1 is 1.00 bits per heavy atom. The summed E-state index contributed by atoms with van der Waals surface area (Å²) in [6.07, 6.45) is 3.87. The molecule has 1 aromatic carbocycles. The molecule has 0 unspecified atom stereocenters. The predicted molar refractivity (Wildman–Crippen MR) is 141 cm³/mol. The lowest BCUT2D eigenvalue weighted by molar-refractivity contribution is -0.222. The van der Waals surface area contributed by atoms with E-state index < -0.39 is 23.8 Å². The number of rotatable bonds is 6. The lowest BCUT2D eigenvalue weighted by Crippen LogP contribution is -2.50. The van der Waals surface area contributed by atoms with Crippen LogP contribution in [-0.2, 0) is 28.7 Å². The normalized spacial score (nSPS) is 21.5. The van der Waals surface area contributed by atoms with Crippen molar-refractivity contribution in [3.05, 3.63) is 41.4 Å². The fraction of sp³-hybridized carbons (Fsp3) is 0.500. The van der Waals surface area contributed by atoms with Gasteiger partial charge in [0, 0.05) is 44.6 Å². The van der Waals surface area contributed by atoms with E-state index in [4.69, 9.17) is 13.9 Å². The molecule has 1 atom stereocenters. The number of anilines is 1. The third kappa shape index (κ3) is 5.86. The summed E-state index contributed by atoms with van der Waals surface area (Å²) in [7, 11) is 0. The van der Waals surface area contributed by atoms with Crippen LogP contribution < -0.4 is 10.6 Å². The second-order valence-corrected chi connectivity index (χ2v) is 10.7. The number of ether oxygens (including phenoxy) is 2. The second-order valence-electron chi connectivity index (χ2n) is 10.7. The standard InChI is InChI=1S/C28H34N4O7/c1-17-14-18-15-19(9-10-21(18)37-17)29-24(23-26(35)38-28(2,3)39-27(23)36)30-20-8-4-5-13-32(25(20)34)16-22(33)31-11-6-7-12-31/h9-10,14-15,20,29-30H,4-8,11-13,16H2,1-3H3/t20-/m0/s1. The van der Waals surface area contributed by atoms with Gasteiger partial charge in [-0.05, 0) is 63.3 Å². The number of aryl methyl sites for hydroxylation is 1. The quantitative estimate of drug-likeness (QED) is 0.324. The van der Waals surface area contributed by atoms with Crippen LogP contribution in [0.25, 0.3) is 11.0 Å². The molecular weight excluding hydrogens is 504 g/mol. The summed E-state index contributed by atoms with van der Waals surface area (Å²) in [4.78, 5) is 55.8. The lowest BCUT2D eigenvalue weighted by Gasteiger charge is -2.32. The summed E-state index contributed by atoms with van der Waals surface area (Å²) in [6.45, 7) is 6.68. The van der Waals surface area contributed by atoms with Gasteiger partial charge >= 0.3 is 11.9 Å². The van der Waals surface area contributed by atoms with Crippen molar-refractivity contribution in [1.82, 2.24) is 15.1 Å². The molecule has 39 heavy (non-hydrogen) atoms. The van der Waals surface area contributed by atoms with Crippen LogP contribution in [0, 0.1) is 6.92 Å². The zero-order chi connectivity index (χ0) is 27.7. The molecule has 5 rings (SSSR count). The van der Waals surface area contributed by atoms with Crippen molar-refractivity contribution in [3.8, 4) is 0 Å². The number of fused-ring (bicyclic) bond motifs is 1. The summed E-state index contributed by atoms with van der Waals surface area (Å²) in [5.74, 6) is -2.73. The van der Waals surface area contributed by atoms with Gasteiger partial charge in [-0.3, -0.25) is 9.59 Å². The first-order valence-corrected chi connectivity index (χ1v) is 13.4. The van der Waals surface area contributed by atoms with Gasteiger partial charge in [0.25, 0.3) is 5.79 Å². The van der Waals surface area contributed by atoms with E-state index >= 15 is 0 Å². The molecule has 0 saturated carbocycles. The Balaban J connectivity index is 1.43. The Kier molecular flexibility index (Phi) is 7.24. The number of esters is 2. The number of hydrogen-bond acceptors (Lipinski definition) is 9. The molecule has 2 N–H and O–H groups in total. The first kappa shape index (κ1) is 26.6. The maximum absolute atomic E-state index is 13.6. The van der Waals surface area contributed by atoms with E-state index in [-0.39, 0.29) is 29.8 Å². The summed E-state index contributed by atoms with van der Waals surface area (Å²) in [5.41, 5.74) is 0.885. The Morgan fingerprint density at radius 2 is 1.69 bits per heavy atom. The zero-order valence-corrected chi connectivity index (χ0v) is 22.5. The van der Waals surface area contributed by atoms with Gasteiger partial charge in [-0.2, -0.15) is 0 Å². The molecule has 4 heterocycles. The number of amides is 2. The van der Waals surface area contributed by atoms with Crippen LogP contribution in [-0.4, -0.2) is 71.6 Å². The van der Waals surface area contributed by atoms with Crippen molar-refractivity contribution in [2.75, 3.05) is 31.5 Å². The molecule has 0 radical (unpaired) electrons. The molecule has 3 aliphatic rings. The number of carbonyl (C=O) groups is 4. The van der Waals surface area contributed by atoms with Crippen molar-refractivity contribution >= 4 is 40.4 Å². The van der Waals surface area contributed by atoms with Crippen LogP contribution in [0.3, 0.4) is 0 Å². The average Bonchev–Trinajstić information content (AvgIpc) is 3.48. The minimum absolute atomic E-state index is 0.00509. The van der Waals surface area contributed by atoms with E-state index in [0.29, 0.717) is 37.3 Å². The largest absolute Gasteiger partial charge is 0.461 e. The molecule has 0 bridgehead atoms. The van der Waals surface area contributed by atoms with E-state index in [9.17, 15) is 19.2 Å². The second kappa shape index (κ2) is 10.6. The maximum atomic E-state index is 13.6. The van der Waals surface area contributed by atoms with Crippen molar-refractivity contribution in [3.63, 3.8) is 0 Å². The van der Waals surface area contributed by atoms with Crippen molar-refractivity contribution in [2.45, 2.75) is 64.7 Å². The van der Waals surface area contributed by atoms with Gasteiger partial charge in [-0.15, -0.1) is 0 Å². The molecule has 0 aliphatic carbocycles. The van der Waals surface area contributed by atoms with Crippen LogP contribution in [0.15, 0.2) is 40.1 Å². The molecule has 3 fully saturated rings. The molecular formula is C28H34N4O7. The van der Waals surface area contributed by atoms with Crippen LogP contribution in [0.1, 0.15) is 51.7 Å². The van der Waals surface area contributed by atoms with Crippen LogP contribution in [0.2, 0.25) is 0 Å². The zero-order valence-electron chi connectivity index (χ0n) is 22.5. The first-order valence-electron chi connectivity index (χ1n) is 13.4. The Bertz CT molecular complexity index is 1320. The van der Waals surface area contributed by atoms with Gasteiger partial charge in [0.15, 0.2) is 5.57 Å². The molecule has 2 amide bonds. The van der Waals surface area contributed by atoms with Crippen molar-refractivity contribution in [2.24, 2.45) is 0 Å². The Labute approximate surface area is 226 Å². The topological polar surface area (TPSA) is 130 Å². The maximum Gasteiger partial charge on any atom is 0.352 e. The fourth-order valence-corrected chi connectivity index (χ4v) is 5.23. The Hall–Kier alpha value is -4.02. The van der Waals surface area contributed by atoms with E-state index in [0.717, 1.165) is 36.8 Å². The summed E-state index contributed by atoms with van der Waals surface area (Å²) < 4.78 is 16.3. The summed E-state index contributed by atoms with van der Waals surface area (Å²) in [6, 6.07) is 6.43. The molecule has 0 spiro atoms. The highest BCUT2D eigenvalue weighted by molar-refractivity contribution is 6.16. The molecule has 3 saturated heterocycles. The van der Waals surface area contributed by atoms with Gasteiger partial charge < -0.3 is 34.3 Å². The third-order valence-electron chi connectivity index (χ3n) is 7.13. The number of nitrogens with zero attached hydrogens (tertiary/aromatic N) is 2. The molecule has 3 aliphatic heterocycles. The molecule has 11 heteroatoms. The summed E-state index contributed by atoms with van der Waals surface area (Å²) >= 11 is 0.